The van der Waals surface area contributed by atoms with Gasteiger partial charge >= 0.3 is 0 Å². The zero-order chi connectivity index (χ0) is 10.2. The molecule has 78 valence electrons. The van der Waals surface area contributed by atoms with E-state index in [0.29, 0.717) is 6.42 Å². The molecule has 0 aromatic rings. The van der Waals surface area contributed by atoms with E-state index in [1.165, 1.54) is 12.8 Å². The predicted molar refractivity (Wildman–Crippen MR) is 54.7 cm³/mol. The van der Waals surface area contributed by atoms with Crippen LogP contribution in [0.2, 0.25) is 0 Å². The highest BCUT2D eigenvalue weighted by Gasteiger charge is 2.53. The van der Waals surface area contributed by atoms with Gasteiger partial charge in [0.05, 0.1) is 23.7 Å². The van der Waals surface area contributed by atoms with Crippen molar-refractivity contribution >= 4 is 0 Å². The van der Waals surface area contributed by atoms with Gasteiger partial charge in [0.15, 0.2) is 0 Å². The van der Waals surface area contributed by atoms with Gasteiger partial charge in [0.25, 0.3) is 0 Å². The zero-order valence-electron chi connectivity index (χ0n) is 9.18. The molecule has 2 heteroatoms. The summed E-state index contributed by atoms with van der Waals surface area (Å²) in [6.45, 7) is 4.31. The molecule has 1 aliphatic carbocycles. The number of rotatable bonds is 3. The van der Waals surface area contributed by atoms with Crippen molar-refractivity contribution in [2.24, 2.45) is 5.92 Å². The van der Waals surface area contributed by atoms with Crippen molar-refractivity contribution in [3.63, 3.8) is 0 Å². The molecule has 2 unspecified atom stereocenters. The third-order valence-corrected chi connectivity index (χ3v) is 3.90. The van der Waals surface area contributed by atoms with Gasteiger partial charge in [-0.2, -0.15) is 5.26 Å². The lowest BCUT2D eigenvalue weighted by Gasteiger charge is -2.31. The molecular weight excluding hydrogens is 174 g/mol. The summed E-state index contributed by atoms with van der Waals surface area (Å²) in [7, 11) is 0. The molecule has 1 saturated heterocycles. The molecule has 0 N–H and O–H groups in total. The van der Waals surface area contributed by atoms with Crippen molar-refractivity contribution in [1.82, 2.24) is 0 Å². The summed E-state index contributed by atoms with van der Waals surface area (Å²) in [5.41, 5.74) is -0.0288. The van der Waals surface area contributed by atoms with Crippen molar-refractivity contribution < 1.29 is 4.74 Å². The molecule has 2 aliphatic rings. The number of hydrogen-bond acceptors (Lipinski definition) is 2. The van der Waals surface area contributed by atoms with Crippen LogP contribution >= 0.6 is 0 Å². The number of nitrogens with zero attached hydrogens (tertiary/aromatic N) is 1. The van der Waals surface area contributed by atoms with E-state index < -0.39 is 0 Å². The summed E-state index contributed by atoms with van der Waals surface area (Å²) in [5.74, 6) is 0.785. The summed E-state index contributed by atoms with van der Waals surface area (Å²) in [6, 6.07) is 2.25. The highest BCUT2D eigenvalue weighted by atomic mass is 16.5. The van der Waals surface area contributed by atoms with E-state index in [9.17, 15) is 0 Å². The first-order valence-electron chi connectivity index (χ1n) is 5.71. The second-order valence-electron chi connectivity index (χ2n) is 5.08. The van der Waals surface area contributed by atoms with Crippen LogP contribution in [0.1, 0.15) is 52.4 Å². The zero-order valence-corrected chi connectivity index (χ0v) is 9.18. The Hall–Kier alpha value is -0.550. The van der Waals surface area contributed by atoms with Gasteiger partial charge in [-0.3, -0.25) is 0 Å². The van der Waals surface area contributed by atoms with E-state index in [0.717, 1.165) is 25.2 Å². The Balaban J connectivity index is 2.08. The van der Waals surface area contributed by atoms with E-state index in [4.69, 9.17) is 10.00 Å². The Bertz CT molecular complexity index is 266. The molecule has 2 fully saturated rings. The van der Waals surface area contributed by atoms with Gasteiger partial charge in [0.1, 0.15) is 0 Å². The quantitative estimate of drug-likeness (QED) is 0.690. The average molecular weight is 193 g/mol. The molecule has 14 heavy (non-hydrogen) atoms. The first kappa shape index (κ1) is 9.98. The molecule has 2 rings (SSSR count). The second-order valence-corrected chi connectivity index (χ2v) is 5.08. The third kappa shape index (κ3) is 1.54. The SMILES string of the molecule is CCC1(C2CC2)CCC(C)(CC#N)O1. The van der Waals surface area contributed by atoms with Crippen LogP contribution < -0.4 is 0 Å². The van der Waals surface area contributed by atoms with Gasteiger partial charge < -0.3 is 4.74 Å². The Morgan fingerprint density at radius 1 is 1.43 bits per heavy atom. The first-order valence-corrected chi connectivity index (χ1v) is 5.71. The molecular formula is C12H19NO. The Morgan fingerprint density at radius 3 is 2.64 bits per heavy atom. The first-order chi connectivity index (χ1) is 6.64. The van der Waals surface area contributed by atoms with Crippen molar-refractivity contribution in [3.05, 3.63) is 0 Å². The summed E-state index contributed by atoms with van der Waals surface area (Å²) in [4.78, 5) is 0. The smallest absolute Gasteiger partial charge is 0.0792 e. The summed E-state index contributed by atoms with van der Waals surface area (Å²) in [5, 5.41) is 8.76. The van der Waals surface area contributed by atoms with E-state index in [1.54, 1.807) is 0 Å². The van der Waals surface area contributed by atoms with Gasteiger partial charge in [-0.25, -0.2) is 0 Å². The molecule has 0 aromatic carbocycles. The largest absolute Gasteiger partial charge is 0.367 e. The van der Waals surface area contributed by atoms with Crippen LogP contribution in [0.25, 0.3) is 0 Å². The van der Waals surface area contributed by atoms with Gasteiger partial charge in [-0.1, -0.05) is 6.92 Å². The third-order valence-electron chi connectivity index (χ3n) is 3.90. The van der Waals surface area contributed by atoms with Crippen LogP contribution in [-0.2, 0) is 4.74 Å². The molecule has 1 saturated carbocycles. The highest BCUT2D eigenvalue weighted by Crippen LogP contribution is 2.53. The average Bonchev–Trinajstić information content (AvgIpc) is 2.93. The summed E-state index contributed by atoms with van der Waals surface area (Å²) < 4.78 is 6.23. The van der Waals surface area contributed by atoms with Gasteiger partial charge in [0.2, 0.25) is 0 Å². The van der Waals surface area contributed by atoms with Crippen LogP contribution in [0.4, 0.5) is 0 Å². The van der Waals surface area contributed by atoms with E-state index >= 15 is 0 Å². The lowest BCUT2D eigenvalue weighted by Crippen LogP contribution is -2.35. The molecule has 0 spiro atoms. The van der Waals surface area contributed by atoms with Gasteiger partial charge in [-0.15, -0.1) is 0 Å². The summed E-state index contributed by atoms with van der Waals surface area (Å²) in [6.07, 6.45) is 6.53. The number of hydrogen-bond donors (Lipinski definition) is 0. The molecule has 0 aromatic heterocycles. The molecule has 1 aliphatic heterocycles. The van der Waals surface area contributed by atoms with Crippen LogP contribution in [-0.4, -0.2) is 11.2 Å². The van der Waals surface area contributed by atoms with Crippen LogP contribution in [0.5, 0.6) is 0 Å². The Labute approximate surface area is 86.2 Å². The fourth-order valence-corrected chi connectivity index (χ4v) is 2.80. The van der Waals surface area contributed by atoms with E-state index in [1.807, 2.05) is 0 Å². The van der Waals surface area contributed by atoms with E-state index in [-0.39, 0.29) is 11.2 Å². The molecule has 0 amide bonds. The van der Waals surface area contributed by atoms with Gasteiger partial charge in [0, 0.05) is 0 Å². The normalized spacial score (nSPS) is 42.4. The lowest BCUT2D eigenvalue weighted by molar-refractivity contribution is -0.106. The molecule has 2 atom stereocenters. The maximum absolute atomic E-state index is 8.76. The second kappa shape index (κ2) is 3.24. The number of ether oxygens (including phenoxy) is 1. The lowest BCUT2D eigenvalue weighted by atomic mass is 9.90. The fraction of sp³-hybridized carbons (Fsp3) is 0.917. The van der Waals surface area contributed by atoms with Crippen molar-refractivity contribution in [1.29, 1.82) is 5.26 Å². The van der Waals surface area contributed by atoms with Crippen molar-refractivity contribution in [3.8, 4) is 6.07 Å². The van der Waals surface area contributed by atoms with Crippen molar-refractivity contribution in [2.45, 2.75) is 63.6 Å². The molecule has 0 radical (unpaired) electrons. The highest BCUT2D eigenvalue weighted by molar-refractivity contribution is 5.04. The van der Waals surface area contributed by atoms with Crippen LogP contribution in [0, 0.1) is 17.2 Å². The molecule has 0 bridgehead atoms. The minimum atomic E-state index is -0.159. The standard InChI is InChI=1S/C12H19NO/c1-3-12(10-4-5-10)7-6-11(2,14-12)8-9-13/h10H,3-8H2,1-2H3. The predicted octanol–water partition coefficient (Wildman–Crippen LogP) is 3.03. The fourth-order valence-electron chi connectivity index (χ4n) is 2.80. The van der Waals surface area contributed by atoms with Crippen LogP contribution in [0.3, 0.4) is 0 Å². The minimum Gasteiger partial charge on any atom is -0.367 e. The van der Waals surface area contributed by atoms with Crippen LogP contribution in [0.15, 0.2) is 0 Å². The molecule has 2 nitrogen and oxygen atoms in total. The van der Waals surface area contributed by atoms with E-state index in [2.05, 4.69) is 19.9 Å². The van der Waals surface area contributed by atoms with Gasteiger partial charge in [-0.05, 0) is 44.9 Å². The molecule has 1 heterocycles. The summed E-state index contributed by atoms with van der Waals surface area (Å²) >= 11 is 0. The minimum absolute atomic E-state index is 0.131. The topological polar surface area (TPSA) is 33.0 Å². The Kier molecular flexibility index (Phi) is 2.31. The Morgan fingerprint density at radius 2 is 2.14 bits per heavy atom. The number of nitriles is 1. The van der Waals surface area contributed by atoms with Crippen molar-refractivity contribution in [2.75, 3.05) is 0 Å². The maximum atomic E-state index is 8.76. The monoisotopic (exact) mass is 193 g/mol. The maximum Gasteiger partial charge on any atom is 0.0792 e.